The average Bonchev–Trinajstić information content (AvgIpc) is 2.57. The Hall–Kier alpha value is -0.740. The van der Waals surface area contributed by atoms with E-state index < -0.39 is 0 Å². The molecule has 94 valence electrons. The van der Waals surface area contributed by atoms with Gasteiger partial charge in [0.25, 0.3) is 0 Å². The van der Waals surface area contributed by atoms with Crippen LogP contribution in [-0.4, -0.2) is 24.6 Å². The SMILES string of the molecule is CC(N)c1cccc(F)c1N1CCCSCC1. The summed E-state index contributed by atoms with van der Waals surface area (Å²) in [6.07, 6.45) is 1.11. The number of para-hydroxylation sites is 1. The van der Waals surface area contributed by atoms with Crippen LogP contribution >= 0.6 is 11.8 Å². The summed E-state index contributed by atoms with van der Waals surface area (Å²) in [5.41, 5.74) is 7.56. The molecule has 0 aromatic heterocycles. The topological polar surface area (TPSA) is 29.3 Å². The molecule has 0 spiro atoms. The van der Waals surface area contributed by atoms with Crippen LogP contribution in [0.3, 0.4) is 0 Å². The molecule has 2 nitrogen and oxygen atoms in total. The zero-order valence-electron chi connectivity index (χ0n) is 10.2. The van der Waals surface area contributed by atoms with Gasteiger partial charge in [0, 0.05) is 24.9 Å². The van der Waals surface area contributed by atoms with Crippen LogP contribution in [0, 0.1) is 5.82 Å². The fourth-order valence-corrected chi connectivity index (χ4v) is 3.09. The Bertz CT molecular complexity index is 374. The van der Waals surface area contributed by atoms with Crippen molar-refractivity contribution in [1.29, 1.82) is 0 Å². The molecule has 1 saturated heterocycles. The molecule has 0 amide bonds. The van der Waals surface area contributed by atoms with E-state index in [9.17, 15) is 4.39 Å². The standard InChI is InChI=1S/C13H19FN2S/c1-10(15)11-4-2-5-12(14)13(11)16-6-3-8-17-9-7-16/h2,4-5,10H,3,6-9,15H2,1H3. The summed E-state index contributed by atoms with van der Waals surface area (Å²) >= 11 is 1.94. The predicted octanol–water partition coefficient (Wildman–Crippen LogP) is 2.79. The van der Waals surface area contributed by atoms with Gasteiger partial charge in [0.2, 0.25) is 0 Å². The van der Waals surface area contributed by atoms with Crippen LogP contribution < -0.4 is 10.6 Å². The van der Waals surface area contributed by atoms with Crippen LogP contribution in [0.2, 0.25) is 0 Å². The number of hydrogen-bond donors (Lipinski definition) is 1. The highest BCUT2D eigenvalue weighted by Crippen LogP contribution is 2.29. The minimum Gasteiger partial charge on any atom is -0.368 e. The van der Waals surface area contributed by atoms with Crippen molar-refractivity contribution in [3.05, 3.63) is 29.6 Å². The minimum absolute atomic E-state index is 0.128. The van der Waals surface area contributed by atoms with Crippen LogP contribution in [0.25, 0.3) is 0 Å². The number of thioether (sulfide) groups is 1. The van der Waals surface area contributed by atoms with E-state index >= 15 is 0 Å². The van der Waals surface area contributed by atoms with Gasteiger partial charge in [-0.3, -0.25) is 0 Å². The second-order valence-corrected chi connectivity index (χ2v) is 5.64. The first-order valence-electron chi connectivity index (χ1n) is 6.07. The van der Waals surface area contributed by atoms with Crippen LogP contribution in [0.5, 0.6) is 0 Å². The zero-order valence-corrected chi connectivity index (χ0v) is 11.0. The van der Waals surface area contributed by atoms with Crippen molar-refractivity contribution in [2.24, 2.45) is 5.73 Å². The maximum absolute atomic E-state index is 14.0. The lowest BCUT2D eigenvalue weighted by atomic mass is 10.1. The van der Waals surface area contributed by atoms with E-state index in [4.69, 9.17) is 5.73 Å². The quantitative estimate of drug-likeness (QED) is 0.880. The first kappa shape index (κ1) is 12.7. The average molecular weight is 254 g/mol. The third-order valence-electron chi connectivity index (χ3n) is 3.05. The van der Waals surface area contributed by atoms with E-state index in [0.29, 0.717) is 5.69 Å². The number of benzene rings is 1. The van der Waals surface area contributed by atoms with E-state index in [-0.39, 0.29) is 11.9 Å². The fourth-order valence-electron chi connectivity index (χ4n) is 2.20. The Balaban J connectivity index is 2.34. The van der Waals surface area contributed by atoms with Gasteiger partial charge >= 0.3 is 0 Å². The predicted molar refractivity (Wildman–Crippen MR) is 73.2 cm³/mol. The Labute approximate surface area is 106 Å². The van der Waals surface area contributed by atoms with Crippen molar-refractivity contribution in [1.82, 2.24) is 0 Å². The molecule has 1 aromatic carbocycles. The highest BCUT2D eigenvalue weighted by atomic mass is 32.2. The number of rotatable bonds is 2. The molecular weight excluding hydrogens is 235 g/mol. The van der Waals surface area contributed by atoms with Crippen molar-refractivity contribution < 1.29 is 4.39 Å². The highest BCUT2D eigenvalue weighted by Gasteiger charge is 2.19. The third-order valence-corrected chi connectivity index (χ3v) is 4.10. The molecule has 1 aliphatic heterocycles. The molecule has 4 heteroatoms. The molecular formula is C13H19FN2S. The minimum atomic E-state index is -0.147. The van der Waals surface area contributed by atoms with Crippen LogP contribution in [-0.2, 0) is 0 Å². The molecule has 1 heterocycles. The first-order valence-corrected chi connectivity index (χ1v) is 7.22. The van der Waals surface area contributed by atoms with Gasteiger partial charge in [0.05, 0.1) is 5.69 Å². The van der Waals surface area contributed by atoms with Crippen molar-refractivity contribution in [2.45, 2.75) is 19.4 Å². The second-order valence-electron chi connectivity index (χ2n) is 4.42. The number of halogens is 1. The summed E-state index contributed by atoms with van der Waals surface area (Å²) in [5.74, 6) is 2.08. The molecule has 0 radical (unpaired) electrons. The lowest BCUT2D eigenvalue weighted by Crippen LogP contribution is -2.28. The first-order chi connectivity index (χ1) is 8.20. The molecule has 1 aromatic rings. The molecule has 0 saturated carbocycles. The van der Waals surface area contributed by atoms with E-state index in [2.05, 4.69) is 4.90 Å². The summed E-state index contributed by atoms with van der Waals surface area (Å²) in [4.78, 5) is 2.15. The van der Waals surface area contributed by atoms with Crippen molar-refractivity contribution in [3.63, 3.8) is 0 Å². The van der Waals surface area contributed by atoms with Gasteiger partial charge in [-0.05, 0) is 30.7 Å². The number of nitrogens with two attached hydrogens (primary N) is 1. The van der Waals surface area contributed by atoms with Gasteiger partial charge in [0.1, 0.15) is 5.82 Å². The number of nitrogens with zero attached hydrogens (tertiary/aromatic N) is 1. The van der Waals surface area contributed by atoms with Gasteiger partial charge in [-0.15, -0.1) is 0 Å². The molecule has 1 fully saturated rings. The molecule has 0 aliphatic carbocycles. The monoisotopic (exact) mass is 254 g/mol. The molecule has 2 rings (SSSR count). The summed E-state index contributed by atoms with van der Waals surface area (Å²) in [5, 5.41) is 0. The van der Waals surface area contributed by atoms with Gasteiger partial charge in [-0.2, -0.15) is 11.8 Å². The highest BCUT2D eigenvalue weighted by molar-refractivity contribution is 7.99. The van der Waals surface area contributed by atoms with Crippen molar-refractivity contribution in [3.8, 4) is 0 Å². The van der Waals surface area contributed by atoms with Gasteiger partial charge in [-0.25, -0.2) is 4.39 Å². The van der Waals surface area contributed by atoms with E-state index in [1.807, 2.05) is 24.8 Å². The van der Waals surface area contributed by atoms with Crippen molar-refractivity contribution >= 4 is 17.4 Å². The summed E-state index contributed by atoms with van der Waals surface area (Å²) < 4.78 is 14.0. The van der Waals surface area contributed by atoms with E-state index in [1.165, 1.54) is 11.8 Å². The smallest absolute Gasteiger partial charge is 0.146 e. The van der Waals surface area contributed by atoms with E-state index in [1.54, 1.807) is 6.07 Å². The molecule has 17 heavy (non-hydrogen) atoms. The van der Waals surface area contributed by atoms with Crippen LogP contribution in [0.1, 0.15) is 24.9 Å². The maximum atomic E-state index is 14.0. The normalized spacial score (nSPS) is 18.9. The summed E-state index contributed by atoms with van der Waals surface area (Å²) in [6, 6.07) is 5.07. The fraction of sp³-hybridized carbons (Fsp3) is 0.538. The van der Waals surface area contributed by atoms with Gasteiger partial charge in [0.15, 0.2) is 0 Å². The lowest BCUT2D eigenvalue weighted by Gasteiger charge is -2.26. The summed E-state index contributed by atoms with van der Waals surface area (Å²) in [7, 11) is 0. The maximum Gasteiger partial charge on any atom is 0.146 e. The van der Waals surface area contributed by atoms with E-state index in [0.717, 1.165) is 30.8 Å². The van der Waals surface area contributed by atoms with Gasteiger partial charge in [-0.1, -0.05) is 12.1 Å². The van der Waals surface area contributed by atoms with Crippen molar-refractivity contribution in [2.75, 3.05) is 29.5 Å². The Morgan fingerprint density at radius 2 is 2.18 bits per heavy atom. The van der Waals surface area contributed by atoms with Crippen LogP contribution in [0.15, 0.2) is 18.2 Å². The molecule has 1 atom stereocenters. The van der Waals surface area contributed by atoms with Crippen LogP contribution in [0.4, 0.5) is 10.1 Å². The third kappa shape index (κ3) is 2.93. The summed E-state index contributed by atoms with van der Waals surface area (Å²) in [6.45, 7) is 3.74. The molecule has 0 bridgehead atoms. The number of anilines is 1. The Morgan fingerprint density at radius 1 is 1.35 bits per heavy atom. The molecule has 1 unspecified atom stereocenters. The number of hydrogen-bond acceptors (Lipinski definition) is 3. The molecule has 2 N–H and O–H groups in total. The Kier molecular flexibility index (Phi) is 4.29. The molecule has 1 aliphatic rings. The zero-order chi connectivity index (χ0) is 12.3. The lowest BCUT2D eigenvalue weighted by molar-refractivity contribution is 0.612. The Morgan fingerprint density at radius 3 is 2.94 bits per heavy atom. The van der Waals surface area contributed by atoms with Gasteiger partial charge < -0.3 is 10.6 Å². The largest absolute Gasteiger partial charge is 0.368 e. The second kappa shape index (κ2) is 5.74.